The van der Waals surface area contributed by atoms with E-state index in [0.29, 0.717) is 38.3 Å². The van der Waals surface area contributed by atoms with Gasteiger partial charge in [0.2, 0.25) is 0 Å². The SMILES string of the molecule is C=CC(=C)N1CCC[C@@H](NC(=O)c2sc3nccc4c3c2NC(=O)N4c2ccc(C)c(Cl)c2)C1. The number of allylic oxidation sites excluding steroid dienone is 1. The predicted octanol–water partition coefficient (Wildman–Crippen LogP) is 5.84. The Morgan fingerprint density at radius 3 is 2.97 bits per heavy atom. The molecule has 9 heteroatoms. The lowest BCUT2D eigenvalue weighted by Crippen LogP contribution is -2.47. The van der Waals surface area contributed by atoms with E-state index in [-0.39, 0.29) is 18.0 Å². The maximum Gasteiger partial charge on any atom is 0.331 e. The summed E-state index contributed by atoms with van der Waals surface area (Å²) < 4.78 is 0. The topological polar surface area (TPSA) is 77.6 Å². The number of anilines is 3. The molecule has 2 aromatic heterocycles. The second-order valence-electron chi connectivity index (χ2n) is 8.47. The molecule has 0 saturated carbocycles. The molecule has 2 aliphatic rings. The molecular formula is C25H24ClN5O2S. The Morgan fingerprint density at radius 1 is 1.38 bits per heavy atom. The Hall–Kier alpha value is -3.36. The second-order valence-corrected chi connectivity index (χ2v) is 9.88. The van der Waals surface area contributed by atoms with Gasteiger partial charge in [-0.05, 0) is 49.6 Å². The maximum absolute atomic E-state index is 13.3. The van der Waals surface area contributed by atoms with E-state index in [4.69, 9.17) is 11.6 Å². The first kappa shape index (κ1) is 22.4. The molecule has 7 nitrogen and oxygen atoms in total. The number of amides is 3. The number of carbonyl (C=O) groups is 2. The third-order valence-electron chi connectivity index (χ3n) is 6.26. The number of urea groups is 1. The van der Waals surface area contributed by atoms with E-state index in [9.17, 15) is 9.59 Å². The van der Waals surface area contributed by atoms with Crippen LogP contribution in [0, 0.1) is 6.92 Å². The molecule has 0 bridgehead atoms. The zero-order chi connectivity index (χ0) is 24.0. The number of halogens is 1. The van der Waals surface area contributed by atoms with Gasteiger partial charge in [-0.2, -0.15) is 0 Å². The Kier molecular flexibility index (Phi) is 5.79. The van der Waals surface area contributed by atoms with Crippen LogP contribution in [0.3, 0.4) is 0 Å². The second kappa shape index (κ2) is 8.77. The standard InChI is InChI=1S/C25H24ClN5O2S/c1-4-15(3)30-11-5-6-16(13-30)28-23(32)22-21-20-19(9-10-27-24(20)34-22)31(25(33)29-21)17-8-7-14(2)18(26)12-17/h4,7-10,12,16H,1,3,5-6,11,13H2,2H3,(H,28,32)(H,29,33)/t16-/m1/s1. The lowest BCUT2D eigenvalue weighted by molar-refractivity contribution is 0.0920. The molecule has 34 heavy (non-hydrogen) atoms. The first-order valence-electron chi connectivity index (χ1n) is 11.0. The Balaban J connectivity index is 1.48. The fourth-order valence-corrected chi connectivity index (χ4v) is 5.65. The predicted molar refractivity (Wildman–Crippen MR) is 138 cm³/mol. The number of hydrogen-bond acceptors (Lipinski definition) is 5. The molecule has 5 rings (SSSR count). The van der Waals surface area contributed by atoms with Gasteiger partial charge in [0.25, 0.3) is 5.91 Å². The summed E-state index contributed by atoms with van der Waals surface area (Å²) in [5, 5.41) is 7.39. The van der Waals surface area contributed by atoms with Gasteiger partial charge >= 0.3 is 6.03 Å². The molecule has 0 aliphatic carbocycles. The van der Waals surface area contributed by atoms with Gasteiger partial charge in [-0.3, -0.25) is 9.69 Å². The van der Waals surface area contributed by atoms with E-state index in [1.54, 1.807) is 29.3 Å². The number of aromatic nitrogens is 1. The van der Waals surface area contributed by atoms with Gasteiger partial charge in [0.05, 0.1) is 22.4 Å². The molecule has 0 unspecified atom stereocenters. The van der Waals surface area contributed by atoms with Crippen molar-refractivity contribution in [1.29, 1.82) is 0 Å². The van der Waals surface area contributed by atoms with Gasteiger partial charge in [0.15, 0.2) is 0 Å². The first-order chi connectivity index (χ1) is 16.4. The van der Waals surface area contributed by atoms with Gasteiger partial charge in [0.1, 0.15) is 9.71 Å². The molecule has 1 fully saturated rings. The number of likely N-dealkylation sites (tertiary alicyclic amines) is 1. The van der Waals surface area contributed by atoms with Crippen molar-refractivity contribution in [3.8, 4) is 0 Å². The lowest BCUT2D eigenvalue weighted by Gasteiger charge is -2.35. The van der Waals surface area contributed by atoms with E-state index >= 15 is 0 Å². The highest BCUT2D eigenvalue weighted by Crippen LogP contribution is 2.46. The number of benzene rings is 1. The van der Waals surface area contributed by atoms with Crippen LogP contribution in [0.15, 0.2) is 55.4 Å². The van der Waals surface area contributed by atoms with E-state index in [1.165, 1.54) is 11.3 Å². The number of hydrogen-bond donors (Lipinski definition) is 2. The van der Waals surface area contributed by atoms with Crippen molar-refractivity contribution in [2.75, 3.05) is 23.3 Å². The zero-order valence-electron chi connectivity index (χ0n) is 18.7. The summed E-state index contributed by atoms with van der Waals surface area (Å²) in [7, 11) is 0. The summed E-state index contributed by atoms with van der Waals surface area (Å²) in [6.07, 6.45) is 5.22. The quantitative estimate of drug-likeness (QED) is 0.438. The van der Waals surface area contributed by atoms with Crippen molar-refractivity contribution in [3.05, 3.63) is 70.9 Å². The van der Waals surface area contributed by atoms with Crippen molar-refractivity contribution in [3.63, 3.8) is 0 Å². The van der Waals surface area contributed by atoms with Gasteiger partial charge in [-0.1, -0.05) is 30.8 Å². The number of piperidine rings is 1. The van der Waals surface area contributed by atoms with Crippen LogP contribution >= 0.6 is 22.9 Å². The Labute approximate surface area is 206 Å². The normalized spacial score (nSPS) is 17.5. The summed E-state index contributed by atoms with van der Waals surface area (Å²) >= 11 is 7.60. The van der Waals surface area contributed by atoms with Gasteiger partial charge in [-0.15, -0.1) is 11.3 Å². The number of carbonyl (C=O) groups excluding carboxylic acids is 2. The maximum atomic E-state index is 13.3. The van der Waals surface area contributed by atoms with Crippen LogP contribution < -0.4 is 15.5 Å². The van der Waals surface area contributed by atoms with Crippen molar-refractivity contribution < 1.29 is 9.59 Å². The van der Waals surface area contributed by atoms with Crippen LogP contribution in [0.4, 0.5) is 21.9 Å². The molecule has 3 aromatic rings. The van der Waals surface area contributed by atoms with E-state index in [2.05, 4.69) is 33.7 Å². The molecule has 1 saturated heterocycles. The molecule has 2 aliphatic heterocycles. The number of nitrogens with one attached hydrogen (secondary N) is 2. The van der Waals surface area contributed by atoms with E-state index < -0.39 is 0 Å². The zero-order valence-corrected chi connectivity index (χ0v) is 20.3. The molecule has 2 N–H and O–H groups in total. The van der Waals surface area contributed by atoms with Crippen molar-refractivity contribution in [1.82, 2.24) is 15.2 Å². The van der Waals surface area contributed by atoms with Crippen molar-refractivity contribution in [2.24, 2.45) is 0 Å². The van der Waals surface area contributed by atoms with Gasteiger partial charge in [-0.25, -0.2) is 9.78 Å². The molecule has 1 atom stereocenters. The van der Waals surface area contributed by atoms with Crippen LogP contribution in [0.1, 0.15) is 28.1 Å². The summed E-state index contributed by atoms with van der Waals surface area (Å²) in [6, 6.07) is 6.91. The van der Waals surface area contributed by atoms with Gasteiger partial charge in [0, 0.05) is 36.0 Å². The molecule has 1 aromatic carbocycles. The minimum atomic E-state index is -0.349. The van der Waals surface area contributed by atoms with Crippen LogP contribution in [0.2, 0.25) is 5.02 Å². The van der Waals surface area contributed by atoms with E-state index in [0.717, 1.165) is 36.0 Å². The lowest BCUT2D eigenvalue weighted by atomic mass is 10.0. The van der Waals surface area contributed by atoms with Crippen molar-refractivity contribution >= 4 is 62.2 Å². The number of thiophene rings is 1. The van der Waals surface area contributed by atoms with Crippen LogP contribution in [0.5, 0.6) is 0 Å². The van der Waals surface area contributed by atoms with Crippen molar-refractivity contribution in [2.45, 2.75) is 25.8 Å². The first-order valence-corrected chi connectivity index (χ1v) is 12.2. The molecule has 0 radical (unpaired) electrons. The monoisotopic (exact) mass is 493 g/mol. The van der Waals surface area contributed by atoms with Crippen LogP contribution in [0.25, 0.3) is 10.2 Å². The fourth-order valence-electron chi connectivity index (χ4n) is 4.46. The number of nitrogens with zero attached hydrogens (tertiary/aromatic N) is 3. The highest BCUT2D eigenvalue weighted by molar-refractivity contribution is 7.21. The summed E-state index contributed by atoms with van der Waals surface area (Å²) in [5.41, 5.74) is 3.60. The highest BCUT2D eigenvalue weighted by Gasteiger charge is 2.33. The summed E-state index contributed by atoms with van der Waals surface area (Å²) in [5.74, 6) is -0.216. The summed E-state index contributed by atoms with van der Waals surface area (Å²) in [4.78, 5) is 35.8. The van der Waals surface area contributed by atoms with Crippen LogP contribution in [-0.4, -0.2) is 41.0 Å². The Bertz CT molecular complexity index is 1350. The largest absolute Gasteiger partial charge is 0.370 e. The Morgan fingerprint density at radius 2 is 2.21 bits per heavy atom. The van der Waals surface area contributed by atoms with Gasteiger partial charge < -0.3 is 15.5 Å². The number of rotatable bonds is 5. The highest BCUT2D eigenvalue weighted by atomic mass is 35.5. The molecule has 4 heterocycles. The molecule has 174 valence electrons. The van der Waals surface area contributed by atoms with Crippen LogP contribution in [-0.2, 0) is 0 Å². The van der Waals surface area contributed by atoms with E-state index in [1.807, 2.05) is 19.1 Å². The molecular weight excluding hydrogens is 470 g/mol. The summed E-state index contributed by atoms with van der Waals surface area (Å²) in [6.45, 7) is 11.3. The molecule has 3 amide bonds. The third kappa shape index (κ3) is 3.82. The average Bonchev–Trinajstić information content (AvgIpc) is 3.20. The smallest absolute Gasteiger partial charge is 0.331 e. The molecule has 0 spiro atoms. The average molecular weight is 494 g/mol. The fraction of sp³-hybridized carbons (Fsp3) is 0.240. The number of pyridine rings is 1. The minimum Gasteiger partial charge on any atom is -0.370 e. The minimum absolute atomic E-state index is 0.0201. The third-order valence-corrected chi connectivity index (χ3v) is 7.77. The number of aryl methyl sites for hydroxylation is 1.